The van der Waals surface area contributed by atoms with Gasteiger partial charge in [-0.2, -0.15) is 0 Å². The lowest BCUT2D eigenvalue weighted by Gasteiger charge is -2.26. The van der Waals surface area contributed by atoms with Crippen molar-refractivity contribution < 1.29 is 4.74 Å². The Bertz CT molecular complexity index is 791. The standard InChI is InChI=1S/C18H18N2O/c1-21-16-9-5-3-7-14(16)17-18-13(10-11-19-17)12-6-2-4-8-15(12)20-18/h2-9,17,19-20H,10-11H2,1H3. The minimum Gasteiger partial charge on any atom is -0.496 e. The molecule has 3 nitrogen and oxygen atoms in total. The summed E-state index contributed by atoms with van der Waals surface area (Å²) < 4.78 is 5.53. The molecule has 21 heavy (non-hydrogen) atoms. The van der Waals surface area contributed by atoms with E-state index in [2.05, 4.69) is 46.7 Å². The van der Waals surface area contributed by atoms with E-state index in [1.165, 1.54) is 27.7 Å². The van der Waals surface area contributed by atoms with Crippen molar-refractivity contribution >= 4 is 10.9 Å². The summed E-state index contributed by atoms with van der Waals surface area (Å²) in [6.07, 6.45) is 1.06. The number of ether oxygens (including phenoxy) is 1. The molecule has 1 aliphatic rings. The Labute approximate surface area is 123 Å². The fourth-order valence-electron chi connectivity index (χ4n) is 3.35. The first-order valence-electron chi connectivity index (χ1n) is 7.34. The number of fused-ring (bicyclic) bond motifs is 3. The minimum atomic E-state index is 0.164. The molecular formula is C18H18N2O. The van der Waals surface area contributed by atoms with E-state index in [9.17, 15) is 0 Å². The van der Waals surface area contributed by atoms with E-state index in [4.69, 9.17) is 4.74 Å². The van der Waals surface area contributed by atoms with Gasteiger partial charge < -0.3 is 15.0 Å². The van der Waals surface area contributed by atoms with Gasteiger partial charge in [0.15, 0.2) is 0 Å². The van der Waals surface area contributed by atoms with E-state index in [0.29, 0.717) is 0 Å². The van der Waals surface area contributed by atoms with Crippen LogP contribution in [0.3, 0.4) is 0 Å². The molecule has 0 bridgehead atoms. The largest absolute Gasteiger partial charge is 0.496 e. The number of para-hydroxylation sites is 2. The summed E-state index contributed by atoms with van der Waals surface area (Å²) in [4.78, 5) is 3.60. The second kappa shape index (κ2) is 4.93. The van der Waals surface area contributed by atoms with Crippen LogP contribution in [0.4, 0.5) is 0 Å². The van der Waals surface area contributed by atoms with E-state index in [-0.39, 0.29) is 6.04 Å². The molecule has 0 aliphatic carbocycles. The van der Waals surface area contributed by atoms with Gasteiger partial charge in [-0.15, -0.1) is 0 Å². The molecule has 1 aliphatic heterocycles. The molecule has 0 radical (unpaired) electrons. The summed E-state index contributed by atoms with van der Waals surface area (Å²) in [5.74, 6) is 0.932. The number of aromatic amines is 1. The normalized spacial score (nSPS) is 17.7. The van der Waals surface area contributed by atoms with Crippen LogP contribution < -0.4 is 10.1 Å². The van der Waals surface area contributed by atoms with Crippen LogP contribution in [0.2, 0.25) is 0 Å². The average molecular weight is 278 g/mol. The molecule has 2 N–H and O–H groups in total. The lowest BCUT2D eigenvalue weighted by molar-refractivity contribution is 0.402. The predicted molar refractivity (Wildman–Crippen MR) is 84.8 cm³/mol. The van der Waals surface area contributed by atoms with Gasteiger partial charge in [0.2, 0.25) is 0 Å². The number of methoxy groups -OCH3 is 1. The lowest BCUT2D eigenvalue weighted by atomic mass is 9.94. The summed E-state index contributed by atoms with van der Waals surface area (Å²) in [6.45, 7) is 0.984. The number of benzene rings is 2. The van der Waals surface area contributed by atoms with Crippen LogP contribution in [0.1, 0.15) is 22.9 Å². The van der Waals surface area contributed by atoms with Gasteiger partial charge in [-0.3, -0.25) is 0 Å². The molecule has 3 heteroatoms. The molecule has 1 atom stereocenters. The third-order valence-corrected chi connectivity index (χ3v) is 4.31. The van der Waals surface area contributed by atoms with Gasteiger partial charge >= 0.3 is 0 Å². The number of aromatic nitrogens is 1. The van der Waals surface area contributed by atoms with E-state index in [1.807, 2.05) is 12.1 Å². The van der Waals surface area contributed by atoms with Gasteiger partial charge in [-0.25, -0.2) is 0 Å². The molecule has 0 spiro atoms. The predicted octanol–water partition coefficient (Wildman–Crippen LogP) is 3.41. The Kier molecular flexibility index (Phi) is 2.93. The van der Waals surface area contributed by atoms with E-state index in [0.717, 1.165) is 18.7 Å². The van der Waals surface area contributed by atoms with Crippen LogP contribution in [0.25, 0.3) is 10.9 Å². The van der Waals surface area contributed by atoms with Crippen molar-refractivity contribution in [3.63, 3.8) is 0 Å². The third-order valence-electron chi connectivity index (χ3n) is 4.31. The zero-order valence-corrected chi connectivity index (χ0v) is 12.0. The Morgan fingerprint density at radius 1 is 1.05 bits per heavy atom. The van der Waals surface area contributed by atoms with Gasteiger partial charge in [0.05, 0.1) is 13.2 Å². The summed E-state index contributed by atoms with van der Waals surface area (Å²) in [5.41, 5.74) is 5.10. The second-order valence-corrected chi connectivity index (χ2v) is 5.44. The van der Waals surface area contributed by atoms with Gasteiger partial charge in [0, 0.05) is 28.7 Å². The van der Waals surface area contributed by atoms with Gasteiger partial charge in [0.1, 0.15) is 5.75 Å². The van der Waals surface area contributed by atoms with Crippen molar-refractivity contribution in [3.05, 3.63) is 65.4 Å². The van der Waals surface area contributed by atoms with Crippen LogP contribution in [-0.2, 0) is 6.42 Å². The van der Waals surface area contributed by atoms with Crippen LogP contribution in [0, 0.1) is 0 Å². The molecule has 0 saturated carbocycles. The van der Waals surface area contributed by atoms with Crippen molar-refractivity contribution in [1.29, 1.82) is 0 Å². The quantitative estimate of drug-likeness (QED) is 0.753. The Morgan fingerprint density at radius 2 is 1.86 bits per heavy atom. The smallest absolute Gasteiger partial charge is 0.124 e. The molecule has 2 aromatic carbocycles. The maximum Gasteiger partial charge on any atom is 0.124 e. The first-order valence-corrected chi connectivity index (χ1v) is 7.34. The average Bonchev–Trinajstić information content (AvgIpc) is 2.93. The molecule has 2 heterocycles. The van der Waals surface area contributed by atoms with Crippen LogP contribution in [0.5, 0.6) is 5.75 Å². The van der Waals surface area contributed by atoms with Crippen molar-refractivity contribution in [2.24, 2.45) is 0 Å². The summed E-state index contributed by atoms with van der Waals surface area (Å²) >= 11 is 0. The second-order valence-electron chi connectivity index (χ2n) is 5.44. The highest BCUT2D eigenvalue weighted by Gasteiger charge is 2.26. The van der Waals surface area contributed by atoms with Crippen LogP contribution in [0.15, 0.2) is 48.5 Å². The summed E-state index contributed by atoms with van der Waals surface area (Å²) in [7, 11) is 1.73. The highest BCUT2D eigenvalue weighted by atomic mass is 16.5. The lowest BCUT2D eigenvalue weighted by Crippen LogP contribution is -2.30. The molecule has 0 amide bonds. The fourth-order valence-corrected chi connectivity index (χ4v) is 3.35. The number of nitrogens with one attached hydrogen (secondary N) is 2. The van der Waals surface area contributed by atoms with Gasteiger partial charge in [0.25, 0.3) is 0 Å². The van der Waals surface area contributed by atoms with E-state index in [1.54, 1.807) is 7.11 Å². The topological polar surface area (TPSA) is 37.0 Å². The zero-order valence-electron chi connectivity index (χ0n) is 12.0. The number of rotatable bonds is 2. The molecule has 106 valence electrons. The monoisotopic (exact) mass is 278 g/mol. The fraction of sp³-hybridized carbons (Fsp3) is 0.222. The van der Waals surface area contributed by atoms with Crippen LogP contribution in [-0.4, -0.2) is 18.6 Å². The Hall–Kier alpha value is -2.26. The summed E-state index contributed by atoms with van der Waals surface area (Å²) in [6, 6.07) is 16.9. The van der Waals surface area contributed by atoms with Gasteiger partial charge in [-0.05, 0) is 24.1 Å². The van der Waals surface area contributed by atoms with Crippen LogP contribution >= 0.6 is 0 Å². The number of H-pyrrole nitrogens is 1. The maximum atomic E-state index is 5.53. The van der Waals surface area contributed by atoms with Crippen molar-refractivity contribution in [3.8, 4) is 5.75 Å². The Balaban J connectivity index is 1.90. The van der Waals surface area contributed by atoms with Crippen molar-refractivity contribution in [1.82, 2.24) is 10.3 Å². The van der Waals surface area contributed by atoms with Gasteiger partial charge in [-0.1, -0.05) is 36.4 Å². The van der Waals surface area contributed by atoms with E-state index >= 15 is 0 Å². The maximum absolute atomic E-state index is 5.53. The van der Waals surface area contributed by atoms with Crippen molar-refractivity contribution in [2.45, 2.75) is 12.5 Å². The molecule has 0 fully saturated rings. The third kappa shape index (κ3) is 1.93. The minimum absolute atomic E-state index is 0.164. The van der Waals surface area contributed by atoms with E-state index < -0.39 is 0 Å². The summed E-state index contributed by atoms with van der Waals surface area (Å²) in [5, 5.41) is 4.96. The first kappa shape index (κ1) is 12.5. The molecule has 1 aromatic heterocycles. The van der Waals surface area contributed by atoms with Crippen molar-refractivity contribution in [2.75, 3.05) is 13.7 Å². The molecule has 0 saturated heterocycles. The molecule has 1 unspecified atom stereocenters. The highest BCUT2D eigenvalue weighted by molar-refractivity contribution is 5.85. The number of hydrogen-bond acceptors (Lipinski definition) is 2. The first-order chi connectivity index (χ1) is 10.4. The highest BCUT2D eigenvalue weighted by Crippen LogP contribution is 2.36. The molecular weight excluding hydrogens is 260 g/mol. The number of hydrogen-bond donors (Lipinski definition) is 2. The Morgan fingerprint density at radius 3 is 2.76 bits per heavy atom. The zero-order chi connectivity index (χ0) is 14.2. The molecule has 4 rings (SSSR count). The molecule has 3 aromatic rings. The SMILES string of the molecule is COc1ccccc1C1NCCc2c1[nH]c1ccccc21.